The largest absolute Gasteiger partial charge is 0.464 e. The molecule has 1 unspecified atom stereocenters. The monoisotopic (exact) mass is 273 g/mol. The van der Waals surface area contributed by atoms with E-state index in [1.807, 2.05) is 41.1 Å². The minimum Gasteiger partial charge on any atom is -0.464 e. The Morgan fingerprint density at radius 2 is 2.15 bits per heavy atom. The Morgan fingerprint density at radius 3 is 2.75 bits per heavy atom. The Morgan fingerprint density at radius 1 is 1.40 bits per heavy atom. The molecule has 0 fully saturated rings. The van der Waals surface area contributed by atoms with Crippen molar-refractivity contribution in [3.63, 3.8) is 0 Å². The van der Waals surface area contributed by atoms with Gasteiger partial charge in [-0.3, -0.25) is 0 Å². The maximum Gasteiger partial charge on any atom is 0.330 e. The molecule has 1 heterocycles. The molecule has 0 saturated carbocycles. The molecule has 0 aliphatic heterocycles. The highest BCUT2D eigenvalue weighted by molar-refractivity contribution is 5.82. The number of ether oxygens (including phenoxy) is 1. The third kappa shape index (κ3) is 3.05. The van der Waals surface area contributed by atoms with E-state index in [1.165, 1.54) is 0 Å². The molecular weight excluding hydrogens is 254 g/mol. The molecule has 0 amide bonds. The molecule has 20 heavy (non-hydrogen) atoms. The zero-order valence-electron chi connectivity index (χ0n) is 11.5. The van der Waals surface area contributed by atoms with Crippen molar-refractivity contribution < 1.29 is 9.53 Å². The number of hydrogen-bond acceptors (Lipinski definition) is 4. The number of aromatic nitrogens is 2. The van der Waals surface area contributed by atoms with Crippen molar-refractivity contribution in [2.45, 2.75) is 25.4 Å². The van der Waals surface area contributed by atoms with Crippen LogP contribution < -0.4 is 5.73 Å². The van der Waals surface area contributed by atoms with Crippen LogP contribution in [0.3, 0.4) is 0 Å². The minimum atomic E-state index is -1.14. The molecule has 1 aromatic heterocycles. The first-order chi connectivity index (χ1) is 9.66. The molecule has 0 radical (unpaired) electrons. The van der Waals surface area contributed by atoms with Gasteiger partial charge in [-0.05, 0) is 18.9 Å². The van der Waals surface area contributed by atoms with E-state index in [4.69, 9.17) is 10.5 Å². The summed E-state index contributed by atoms with van der Waals surface area (Å²) >= 11 is 0. The number of rotatable bonds is 6. The lowest BCUT2D eigenvalue weighted by atomic mass is 9.87. The van der Waals surface area contributed by atoms with Gasteiger partial charge in [-0.25, -0.2) is 9.78 Å². The second kappa shape index (κ2) is 6.34. The van der Waals surface area contributed by atoms with E-state index in [-0.39, 0.29) is 0 Å². The maximum atomic E-state index is 12.3. The van der Waals surface area contributed by atoms with Crippen LogP contribution in [0, 0.1) is 0 Å². The smallest absolute Gasteiger partial charge is 0.330 e. The van der Waals surface area contributed by atoms with Gasteiger partial charge >= 0.3 is 5.97 Å². The second-order valence-electron chi connectivity index (χ2n) is 4.61. The van der Waals surface area contributed by atoms with Gasteiger partial charge in [0.05, 0.1) is 12.9 Å². The third-order valence-electron chi connectivity index (χ3n) is 3.25. The highest BCUT2D eigenvalue weighted by atomic mass is 16.5. The van der Waals surface area contributed by atoms with Gasteiger partial charge in [-0.1, -0.05) is 30.3 Å². The van der Waals surface area contributed by atoms with Crippen LogP contribution in [0.2, 0.25) is 0 Å². The zero-order valence-corrected chi connectivity index (χ0v) is 11.5. The lowest BCUT2D eigenvalue weighted by Gasteiger charge is -2.27. The van der Waals surface area contributed by atoms with E-state index >= 15 is 0 Å². The topological polar surface area (TPSA) is 70.1 Å². The van der Waals surface area contributed by atoms with Crippen LogP contribution in [0.4, 0.5) is 0 Å². The molecule has 5 heteroatoms. The van der Waals surface area contributed by atoms with Gasteiger partial charge < -0.3 is 15.0 Å². The number of nitrogens with zero attached hydrogens (tertiary/aromatic N) is 2. The molecule has 0 saturated heterocycles. The SMILES string of the molecule is CCOC(=O)C(N)(CCn1ccnc1)c1ccccc1. The molecule has 1 atom stereocenters. The molecule has 106 valence electrons. The van der Waals surface area contributed by atoms with E-state index in [1.54, 1.807) is 19.4 Å². The summed E-state index contributed by atoms with van der Waals surface area (Å²) in [7, 11) is 0. The van der Waals surface area contributed by atoms with Crippen molar-refractivity contribution in [3.8, 4) is 0 Å². The summed E-state index contributed by atoms with van der Waals surface area (Å²) < 4.78 is 7.04. The van der Waals surface area contributed by atoms with Crippen molar-refractivity contribution in [1.29, 1.82) is 0 Å². The highest BCUT2D eigenvalue weighted by Crippen LogP contribution is 2.24. The molecule has 0 aliphatic rings. The zero-order chi connectivity index (χ0) is 14.4. The number of esters is 1. The quantitative estimate of drug-likeness (QED) is 0.813. The number of aryl methyl sites for hydroxylation is 1. The molecule has 1 aromatic carbocycles. The van der Waals surface area contributed by atoms with Crippen molar-refractivity contribution in [3.05, 3.63) is 54.6 Å². The number of hydrogen-bond donors (Lipinski definition) is 1. The van der Waals surface area contributed by atoms with Gasteiger partial charge in [0.15, 0.2) is 0 Å². The highest BCUT2D eigenvalue weighted by Gasteiger charge is 2.37. The average Bonchev–Trinajstić information content (AvgIpc) is 2.99. The van der Waals surface area contributed by atoms with Gasteiger partial charge in [0.1, 0.15) is 5.54 Å². The van der Waals surface area contributed by atoms with Gasteiger partial charge in [0.25, 0.3) is 0 Å². The van der Waals surface area contributed by atoms with Crippen LogP contribution in [-0.2, 0) is 21.6 Å². The molecule has 0 spiro atoms. The van der Waals surface area contributed by atoms with Crippen molar-refractivity contribution in [2.75, 3.05) is 6.61 Å². The van der Waals surface area contributed by atoms with Gasteiger partial charge in [-0.15, -0.1) is 0 Å². The summed E-state index contributed by atoms with van der Waals surface area (Å²) in [5, 5.41) is 0. The van der Waals surface area contributed by atoms with Gasteiger partial charge in [0, 0.05) is 18.9 Å². The maximum absolute atomic E-state index is 12.3. The summed E-state index contributed by atoms with van der Waals surface area (Å²) in [6.45, 7) is 2.69. The molecule has 2 N–H and O–H groups in total. The Labute approximate surface area is 118 Å². The summed E-state index contributed by atoms with van der Waals surface area (Å²) in [6, 6.07) is 9.33. The minimum absolute atomic E-state index is 0.315. The molecule has 0 aliphatic carbocycles. The first-order valence-corrected chi connectivity index (χ1v) is 6.64. The Bertz CT molecular complexity index is 540. The van der Waals surface area contributed by atoms with Crippen LogP contribution >= 0.6 is 0 Å². The second-order valence-corrected chi connectivity index (χ2v) is 4.61. The fourth-order valence-corrected chi connectivity index (χ4v) is 2.08. The predicted molar refractivity (Wildman–Crippen MR) is 75.8 cm³/mol. The third-order valence-corrected chi connectivity index (χ3v) is 3.25. The lowest BCUT2D eigenvalue weighted by molar-refractivity contribution is -0.150. The first-order valence-electron chi connectivity index (χ1n) is 6.64. The number of carbonyl (C=O) groups is 1. The summed E-state index contributed by atoms with van der Waals surface area (Å²) in [4.78, 5) is 16.2. The Balaban J connectivity index is 2.22. The fraction of sp³-hybridized carbons (Fsp3) is 0.333. The van der Waals surface area contributed by atoms with Crippen LogP contribution in [0.1, 0.15) is 18.9 Å². The Kier molecular flexibility index (Phi) is 4.53. The molecular formula is C15H19N3O2. The predicted octanol–water partition coefficient (Wildman–Crippen LogP) is 1.69. The number of carbonyl (C=O) groups excluding carboxylic acids is 1. The Hall–Kier alpha value is -2.14. The van der Waals surface area contributed by atoms with Crippen LogP contribution in [0.25, 0.3) is 0 Å². The summed E-state index contributed by atoms with van der Waals surface area (Å²) in [5.41, 5.74) is 5.98. The van der Waals surface area contributed by atoms with Crippen molar-refractivity contribution in [2.24, 2.45) is 5.73 Å². The molecule has 0 bridgehead atoms. The van der Waals surface area contributed by atoms with Crippen molar-refractivity contribution in [1.82, 2.24) is 9.55 Å². The number of imidazole rings is 1. The number of nitrogens with two attached hydrogens (primary N) is 1. The van der Waals surface area contributed by atoms with E-state index in [9.17, 15) is 4.79 Å². The van der Waals surface area contributed by atoms with Crippen LogP contribution in [-0.4, -0.2) is 22.1 Å². The fourth-order valence-electron chi connectivity index (χ4n) is 2.08. The van der Waals surface area contributed by atoms with Gasteiger partial charge in [0.2, 0.25) is 0 Å². The number of benzene rings is 1. The average molecular weight is 273 g/mol. The standard InChI is InChI=1S/C15H19N3O2/c1-2-20-14(19)15(16,13-6-4-3-5-7-13)8-10-18-11-9-17-12-18/h3-7,9,11-12H,2,8,10,16H2,1H3. The van der Waals surface area contributed by atoms with E-state index in [0.29, 0.717) is 19.6 Å². The summed E-state index contributed by atoms with van der Waals surface area (Å²) in [5.74, 6) is -0.397. The molecule has 2 rings (SSSR count). The van der Waals surface area contributed by atoms with Crippen LogP contribution in [0.5, 0.6) is 0 Å². The normalized spacial score (nSPS) is 13.7. The summed E-state index contributed by atoms with van der Waals surface area (Å²) in [6.07, 6.45) is 5.70. The van der Waals surface area contributed by atoms with E-state index < -0.39 is 11.5 Å². The van der Waals surface area contributed by atoms with E-state index in [0.717, 1.165) is 5.56 Å². The molecule has 2 aromatic rings. The lowest BCUT2D eigenvalue weighted by Crippen LogP contribution is -2.46. The first kappa shape index (κ1) is 14.3. The van der Waals surface area contributed by atoms with Gasteiger partial charge in [-0.2, -0.15) is 0 Å². The van der Waals surface area contributed by atoms with E-state index in [2.05, 4.69) is 4.98 Å². The van der Waals surface area contributed by atoms with Crippen molar-refractivity contribution >= 4 is 5.97 Å². The molecule has 5 nitrogen and oxygen atoms in total. The van der Waals surface area contributed by atoms with Crippen LogP contribution in [0.15, 0.2) is 49.1 Å².